The largest absolute Gasteiger partial charge is 0.494 e. The predicted molar refractivity (Wildman–Crippen MR) is 101 cm³/mol. The molecule has 0 saturated carbocycles. The first-order valence-corrected chi connectivity index (χ1v) is 8.56. The number of hydrazone groups is 1. The first-order chi connectivity index (χ1) is 13.1. The average molecular weight is 374 g/mol. The summed E-state index contributed by atoms with van der Waals surface area (Å²) in [7, 11) is 2.90. The number of nitrogens with one attached hydrogen (secondary N) is 1. The van der Waals surface area contributed by atoms with Crippen LogP contribution < -0.4 is 19.6 Å². The summed E-state index contributed by atoms with van der Waals surface area (Å²) in [6.07, 6.45) is 3.31. The monoisotopic (exact) mass is 374 g/mol. The van der Waals surface area contributed by atoms with Crippen LogP contribution in [-0.4, -0.2) is 32.9 Å². The Morgan fingerprint density at radius 2 is 1.85 bits per heavy atom. The van der Waals surface area contributed by atoms with Crippen LogP contribution in [0.3, 0.4) is 0 Å². The number of carbonyl (C=O) groups excluding carboxylic acids is 1. The molecule has 2 aromatic rings. The van der Waals surface area contributed by atoms with Gasteiger partial charge in [-0.2, -0.15) is 5.10 Å². The zero-order valence-electron chi connectivity index (χ0n) is 15.6. The molecule has 1 amide bonds. The van der Waals surface area contributed by atoms with Gasteiger partial charge in [0.25, 0.3) is 5.91 Å². The van der Waals surface area contributed by atoms with Crippen LogP contribution in [0.1, 0.15) is 35.7 Å². The molecule has 0 aliphatic heterocycles. The molecule has 0 aliphatic carbocycles. The van der Waals surface area contributed by atoms with Crippen LogP contribution >= 0.6 is 0 Å². The SMILES string of the molecule is CCCCOc1ccc(C(=O)N/N=C\c2ccc(OC)c(F)c2)cc1OC. The quantitative estimate of drug-likeness (QED) is 0.412. The van der Waals surface area contributed by atoms with E-state index < -0.39 is 11.7 Å². The average Bonchev–Trinajstić information content (AvgIpc) is 2.68. The van der Waals surface area contributed by atoms with Crippen LogP contribution in [0.25, 0.3) is 0 Å². The fourth-order valence-electron chi connectivity index (χ4n) is 2.25. The van der Waals surface area contributed by atoms with Gasteiger partial charge in [-0.1, -0.05) is 13.3 Å². The number of amides is 1. The highest BCUT2D eigenvalue weighted by Gasteiger charge is 2.11. The molecule has 2 aromatic carbocycles. The molecule has 0 radical (unpaired) electrons. The van der Waals surface area contributed by atoms with Gasteiger partial charge in [0.1, 0.15) is 0 Å². The van der Waals surface area contributed by atoms with Gasteiger partial charge in [0, 0.05) is 5.56 Å². The van der Waals surface area contributed by atoms with E-state index in [2.05, 4.69) is 17.5 Å². The van der Waals surface area contributed by atoms with Crippen molar-refractivity contribution in [1.82, 2.24) is 5.43 Å². The number of benzene rings is 2. The maximum Gasteiger partial charge on any atom is 0.271 e. The summed E-state index contributed by atoms with van der Waals surface area (Å²) in [4.78, 5) is 12.2. The van der Waals surface area contributed by atoms with Crippen LogP contribution in [0.4, 0.5) is 4.39 Å². The second-order valence-electron chi connectivity index (χ2n) is 5.66. The zero-order valence-corrected chi connectivity index (χ0v) is 15.6. The fraction of sp³-hybridized carbons (Fsp3) is 0.300. The van der Waals surface area contributed by atoms with Gasteiger partial charge in [0.05, 0.1) is 27.0 Å². The maximum atomic E-state index is 13.6. The summed E-state index contributed by atoms with van der Waals surface area (Å²) in [5.74, 6) is 0.277. The number of hydrogen-bond donors (Lipinski definition) is 1. The molecule has 0 atom stereocenters. The summed E-state index contributed by atoms with van der Waals surface area (Å²) in [5, 5.41) is 3.85. The number of halogens is 1. The molecule has 0 saturated heterocycles. The smallest absolute Gasteiger partial charge is 0.271 e. The zero-order chi connectivity index (χ0) is 19.6. The predicted octanol–water partition coefficient (Wildman–Crippen LogP) is 3.79. The lowest BCUT2D eigenvalue weighted by atomic mass is 10.2. The van der Waals surface area contributed by atoms with Gasteiger partial charge in [-0.05, 0) is 48.4 Å². The number of hydrogen-bond acceptors (Lipinski definition) is 5. The van der Waals surface area contributed by atoms with Crippen LogP contribution in [0.2, 0.25) is 0 Å². The summed E-state index contributed by atoms with van der Waals surface area (Å²) in [5.41, 5.74) is 3.26. The number of ether oxygens (including phenoxy) is 3. The minimum atomic E-state index is -0.504. The van der Waals surface area contributed by atoms with Gasteiger partial charge >= 0.3 is 0 Å². The Morgan fingerprint density at radius 1 is 1.11 bits per heavy atom. The molecule has 7 heteroatoms. The summed E-state index contributed by atoms with van der Waals surface area (Å²) in [6, 6.07) is 9.27. The van der Waals surface area contributed by atoms with Gasteiger partial charge in [0.2, 0.25) is 0 Å². The van der Waals surface area contributed by atoms with Crippen molar-refractivity contribution in [2.75, 3.05) is 20.8 Å². The minimum Gasteiger partial charge on any atom is -0.494 e. The third-order valence-corrected chi connectivity index (χ3v) is 3.74. The van der Waals surface area contributed by atoms with E-state index in [0.29, 0.717) is 29.2 Å². The Bertz CT molecular complexity index is 809. The van der Waals surface area contributed by atoms with Gasteiger partial charge in [-0.25, -0.2) is 9.82 Å². The molecule has 144 valence electrons. The number of carbonyl (C=O) groups is 1. The molecule has 2 rings (SSSR count). The lowest BCUT2D eigenvalue weighted by Gasteiger charge is -2.11. The van der Waals surface area contributed by atoms with Crippen LogP contribution in [-0.2, 0) is 0 Å². The van der Waals surface area contributed by atoms with Crippen molar-refractivity contribution < 1.29 is 23.4 Å². The number of methoxy groups -OCH3 is 2. The highest BCUT2D eigenvalue weighted by Crippen LogP contribution is 2.28. The Kier molecular flexibility index (Phi) is 7.61. The molecular weight excluding hydrogens is 351 g/mol. The van der Waals surface area contributed by atoms with Gasteiger partial charge in [0.15, 0.2) is 23.1 Å². The topological polar surface area (TPSA) is 69.2 Å². The first-order valence-electron chi connectivity index (χ1n) is 8.56. The lowest BCUT2D eigenvalue weighted by molar-refractivity contribution is 0.0954. The molecular formula is C20H23FN2O4. The van der Waals surface area contributed by atoms with E-state index in [-0.39, 0.29) is 5.75 Å². The molecule has 0 heterocycles. The van der Waals surface area contributed by atoms with Crippen molar-refractivity contribution in [2.24, 2.45) is 5.10 Å². The fourth-order valence-corrected chi connectivity index (χ4v) is 2.25. The second kappa shape index (κ2) is 10.2. The summed E-state index contributed by atoms with van der Waals surface area (Å²) < 4.78 is 29.4. The summed E-state index contributed by atoms with van der Waals surface area (Å²) >= 11 is 0. The molecule has 0 unspecified atom stereocenters. The molecule has 0 fully saturated rings. The highest BCUT2D eigenvalue weighted by atomic mass is 19.1. The molecule has 0 aliphatic rings. The number of unbranched alkanes of at least 4 members (excludes halogenated alkanes) is 1. The van der Waals surface area contributed by atoms with Gasteiger partial charge in [-0.15, -0.1) is 0 Å². The van der Waals surface area contributed by atoms with E-state index in [0.717, 1.165) is 12.8 Å². The highest BCUT2D eigenvalue weighted by molar-refractivity contribution is 5.95. The van der Waals surface area contributed by atoms with Crippen LogP contribution in [0.5, 0.6) is 17.2 Å². The molecule has 1 N–H and O–H groups in total. The van der Waals surface area contributed by atoms with Gasteiger partial charge < -0.3 is 14.2 Å². The minimum absolute atomic E-state index is 0.143. The van der Waals surface area contributed by atoms with E-state index in [1.54, 1.807) is 24.3 Å². The van der Waals surface area contributed by atoms with E-state index in [1.807, 2.05) is 0 Å². The van der Waals surface area contributed by atoms with E-state index >= 15 is 0 Å². The van der Waals surface area contributed by atoms with E-state index in [1.165, 1.54) is 32.6 Å². The first kappa shape index (κ1) is 20.2. The Labute approximate surface area is 157 Å². The van der Waals surface area contributed by atoms with Crippen molar-refractivity contribution in [3.8, 4) is 17.2 Å². The van der Waals surface area contributed by atoms with Gasteiger partial charge in [-0.3, -0.25) is 4.79 Å². The molecule has 0 spiro atoms. The molecule has 0 aromatic heterocycles. The third kappa shape index (κ3) is 5.70. The standard InChI is InChI=1S/C20H23FN2O4/c1-4-5-10-27-18-9-7-15(12-19(18)26-3)20(24)23-22-13-14-6-8-17(25-2)16(21)11-14/h6-9,11-13H,4-5,10H2,1-3H3,(H,23,24)/b22-13-. The Hall–Kier alpha value is -3.09. The second-order valence-corrected chi connectivity index (χ2v) is 5.66. The van der Waals surface area contributed by atoms with E-state index in [4.69, 9.17) is 14.2 Å². The van der Waals surface area contributed by atoms with E-state index in [9.17, 15) is 9.18 Å². The van der Waals surface area contributed by atoms with Crippen molar-refractivity contribution in [1.29, 1.82) is 0 Å². The summed E-state index contributed by atoms with van der Waals surface area (Å²) in [6.45, 7) is 2.66. The Morgan fingerprint density at radius 3 is 2.52 bits per heavy atom. The van der Waals surface area contributed by atoms with Crippen LogP contribution in [0, 0.1) is 5.82 Å². The van der Waals surface area contributed by atoms with Crippen molar-refractivity contribution in [3.63, 3.8) is 0 Å². The number of nitrogens with zero attached hydrogens (tertiary/aromatic N) is 1. The van der Waals surface area contributed by atoms with Crippen LogP contribution in [0.15, 0.2) is 41.5 Å². The van der Waals surface area contributed by atoms with Crippen molar-refractivity contribution in [3.05, 3.63) is 53.3 Å². The third-order valence-electron chi connectivity index (χ3n) is 3.74. The lowest BCUT2D eigenvalue weighted by Crippen LogP contribution is -2.17. The maximum absolute atomic E-state index is 13.6. The molecule has 27 heavy (non-hydrogen) atoms. The van der Waals surface area contributed by atoms with Crippen molar-refractivity contribution >= 4 is 12.1 Å². The normalized spacial score (nSPS) is 10.7. The number of rotatable bonds is 9. The Balaban J connectivity index is 2.01. The van der Waals surface area contributed by atoms with Crippen molar-refractivity contribution in [2.45, 2.75) is 19.8 Å². The molecule has 0 bridgehead atoms. The molecule has 6 nitrogen and oxygen atoms in total.